The number of halogens is 3. The Morgan fingerprint density at radius 3 is 2.67 bits per heavy atom. The van der Waals surface area contributed by atoms with Crippen molar-refractivity contribution in [3.05, 3.63) is 41.1 Å². The molecule has 0 radical (unpaired) electrons. The summed E-state index contributed by atoms with van der Waals surface area (Å²) >= 11 is 0. The van der Waals surface area contributed by atoms with Gasteiger partial charge in [-0.3, -0.25) is 9.48 Å². The summed E-state index contributed by atoms with van der Waals surface area (Å²) in [6, 6.07) is 5.32. The summed E-state index contributed by atoms with van der Waals surface area (Å²) < 4.78 is 41.3. The number of carbonyl (C=O) groups is 2. The van der Waals surface area contributed by atoms with Crippen LogP contribution in [-0.2, 0) is 6.54 Å². The van der Waals surface area contributed by atoms with Crippen LogP contribution in [0.15, 0.2) is 24.3 Å². The van der Waals surface area contributed by atoms with E-state index in [0.717, 1.165) is 5.56 Å². The predicted molar refractivity (Wildman–Crippen MR) is 103 cm³/mol. The molecule has 0 bridgehead atoms. The first-order chi connectivity index (χ1) is 14.2. The number of aromatic nitrogens is 2. The summed E-state index contributed by atoms with van der Waals surface area (Å²) in [5.74, 6) is -3.49. The molecule has 1 aromatic carbocycles. The smallest absolute Gasteiger partial charge is 0.318 e. The maximum atomic E-state index is 13.8. The summed E-state index contributed by atoms with van der Waals surface area (Å²) in [6.45, 7) is 1.06. The quantitative estimate of drug-likeness (QED) is 0.795. The van der Waals surface area contributed by atoms with Crippen LogP contribution in [0.25, 0.3) is 11.3 Å². The Kier molecular flexibility index (Phi) is 4.95. The zero-order chi connectivity index (χ0) is 21.6. The number of carbonyl (C=O) groups excluding carboxylic acids is 2. The van der Waals surface area contributed by atoms with Crippen molar-refractivity contribution in [1.29, 1.82) is 0 Å². The fourth-order valence-electron chi connectivity index (χ4n) is 4.05. The number of fused-ring (bicyclic) bond motifs is 1. The van der Waals surface area contributed by atoms with E-state index in [4.69, 9.17) is 5.73 Å². The first-order valence-corrected chi connectivity index (χ1v) is 9.66. The zero-order valence-corrected chi connectivity index (χ0v) is 16.4. The molecule has 1 saturated carbocycles. The van der Waals surface area contributed by atoms with Crippen molar-refractivity contribution >= 4 is 11.9 Å². The normalized spacial score (nSPS) is 20.4. The number of amides is 3. The van der Waals surface area contributed by atoms with Gasteiger partial charge >= 0.3 is 6.03 Å². The predicted octanol–water partition coefficient (Wildman–Crippen LogP) is 2.79. The maximum absolute atomic E-state index is 13.8. The van der Waals surface area contributed by atoms with Crippen LogP contribution in [0.1, 0.15) is 40.5 Å². The summed E-state index contributed by atoms with van der Waals surface area (Å²) in [6.07, 6.45) is -0.831. The molecule has 3 N–H and O–H groups in total. The molecule has 7 nitrogen and oxygen atoms in total. The number of aryl methyl sites for hydroxylation is 1. The summed E-state index contributed by atoms with van der Waals surface area (Å²) in [4.78, 5) is 26.2. The van der Waals surface area contributed by atoms with Gasteiger partial charge in [0.2, 0.25) is 0 Å². The summed E-state index contributed by atoms with van der Waals surface area (Å²) in [5, 5.41) is 7.01. The molecule has 2 heterocycles. The van der Waals surface area contributed by atoms with E-state index in [2.05, 4.69) is 10.4 Å². The van der Waals surface area contributed by atoms with Gasteiger partial charge in [0, 0.05) is 31.0 Å². The zero-order valence-electron chi connectivity index (χ0n) is 16.4. The molecule has 0 saturated heterocycles. The molecule has 1 aromatic heterocycles. The number of alkyl halides is 3. The fraction of sp³-hybridized carbons (Fsp3) is 0.450. The van der Waals surface area contributed by atoms with E-state index in [1.165, 1.54) is 9.58 Å². The van der Waals surface area contributed by atoms with E-state index in [-0.39, 0.29) is 18.7 Å². The van der Waals surface area contributed by atoms with Gasteiger partial charge in [0.1, 0.15) is 12.4 Å². The van der Waals surface area contributed by atoms with Crippen molar-refractivity contribution in [2.24, 2.45) is 5.73 Å². The van der Waals surface area contributed by atoms with Gasteiger partial charge in [-0.2, -0.15) is 5.10 Å². The van der Waals surface area contributed by atoms with Crippen LogP contribution in [0.4, 0.5) is 18.0 Å². The highest BCUT2D eigenvalue weighted by Gasteiger charge is 2.46. The highest BCUT2D eigenvalue weighted by Crippen LogP contribution is 2.38. The van der Waals surface area contributed by atoms with Crippen molar-refractivity contribution in [1.82, 2.24) is 20.0 Å². The molecule has 1 atom stereocenters. The Bertz CT molecular complexity index is 998. The molecule has 1 aliphatic heterocycles. The number of nitrogens with zero attached hydrogens (tertiary/aromatic N) is 3. The third-order valence-electron chi connectivity index (χ3n) is 5.55. The van der Waals surface area contributed by atoms with Gasteiger partial charge in [-0.25, -0.2) is 18.0 Å². The second kappa shape index (κ2) is 7.33. The Morgan fingerprint density at radius 1 is 1.33 bits per heavy atom. The SMILES string of the molecule is Cc1cccc(-c2nn3c(c2C(N)=O)CN(C(=O)NC2CC(F)(F)C2)CC3CF)c1. The number of urea groups is 1. The highest BCUT2D eigenvalue weighted by atomic mass is 19.3. The molecule has 1 fully saturated rings. The first kappa shape index (κ1) is 20.2. The van der Waals surface area contributed by atoms with E-state index >= 15 is 0 Å². The lowest BCUT2D eigenvalue weighted by Crippen LogP contribution is -2.55. The van der Waals surface area contributed by atoms with Crippen molar-refractivity contribution in [2.45, 2.75) is 44.3 Å². The number of hydrogen-bond donors (Lipinski definition) is 2. The Morgan fingerprint density at radius 2 is 2.07 bits per heavy atom. The van der Waals surface area contributed by atoms with Crippen molar-refractivity contribution in [3.63, 3.8) is 0 Å². The molecule has 2 aromatic rings. The Labute approximate surface area is 171 Å². The van der Waals surface area contributed by atoms with Gasteiger partial charge in [-0.05, 0) is 13.0 Å². The minimum Gasteiger partial charge on any atom is -0.365 e. The molecule has 1 aliphatic carbocycles. The van der Waals surface area contributed by atoms with E-state index < -0.39 is 49.5 Å². The number of nitrogens with two attached hydrogens (primary N) is 1. The van der Waals surface area contributed by atoms with Crippen molar-refractivity contribution in [2.75, 3.05) is 13.2 Å². The number of benzene rings is 1. The second-order valence-electron chi connectivity index (χ2n) is 7.95. The lowest BCUT2D eigenvalue weighted by atomic mass is 9.88. The molecule has 2 aliphatic rings. The second-order valence-corrected chi connectivity index (χ2v) is 7.95. The lowest BCUT2D eigenvalue weighted by molar-refractivity contribution is -0.0904. The van der Waals surface area contributed by atoms with Gasteiger partial charge in [0.25, 0.3) is 11.8 Å². The van der Waals surface area contributed by atoms with Gasteiger partial charge < -0.3 is 16.0 Å². The molecule has 0 spiro atoms. The van der Waals surface area contributed by atoms with Crippen LogP contribution in [0, 0.1) is 6.92 Å². The van der Waals surface area contributed by atoms with E-state index in [1.54, 1.807) is 6.07 Å². The van der Waals surface area contributed by atoms with E-state index in [1.807, 2.05) is 25.1 Å². The standard InChI is InChI=1S/C20H22F3N5O2/c1-11-3-2-4-12(5-11)17-16(18(24)29)15-10-27(9-14(8-21)28(15)26-17)19(30)25-13-6-20(22,23)7-13/h2-5,13-14H,6-10H2,1H3,(H2,24,29)(H,25,30). The Balaban J connectivity index is 1.66. The molecule has 3 amide bonds. The molecule has 30 heavy (non-hydrogen) atoms. The minimum absolute atomic E-state index is 0.00554. The number of nitrogens with one attached hydrogen (secondary N) is 1. The largest absolute Gasteiger partial charge is 0.365 e. The Hall–Kier alpha value is -3.04. The highest BCUT2D eigenvalue weighted by molar-refractivity contribution is 6.00. The van der Waals surface area contributed by atoms with Crippen LogP contribution in [-0.4, -0.2) is 51.8 Å². The average Bonchev–Trinajstić information content (AvgIpc) is 3.05. The van der Waals surface area contributed by atoms with Gasteiger partial charge in [0.05, 0.1) is 23.8 Å². The summed E-state index contributed by atoms with van der Waals surface area (Å²) in [5.41, 5.74) is 8.04. The minimum atomic E-state index is -2.76. The van der Waals surface area contributed by atoms with Crippen LogP contribution >= 0.6 is 0 Å². The van der Waals surface area contributed by atoms with Crippen LogP contribution in [0.2, 0.25) is 0 Å². The topological polar surface area (TPSA) is 93.2 Å². The van der Waals surface area contributed by atoms with Crippen molar-refractivity contribution in [3.8, 4) is 11.3 Å². The summed E-state index contributed by atoms with van der Waals surface area (Å²) in [7, 11) is 0. The monoisotopic (exact) mass is 421 g/mol. The lowest BCUT2D eigenvalue weighted by Gasteiger charge is -2.38. The van der Waals surface area contributed by atoms with Crippen LogP contribution < -0.4 is 11.1 Å². The third-order valence-corrected chi connectivity index (χ3v) is 5.55. The van der Waals surface area contributed by atoms with Gasteiger partial charge in [-0.1, -0.05) is 23.8 Å². The van der Waals surface area contributed by atoms with E-state index in [0.29, 0.717) is 17.0 Å². The van der Waals surface area contributed by atoms with Gasteiger partial charge in [0.15, 0.2) is 0 Å². The number of hydrogen-bond acceptors (Lipinski definition) is 3. The molecule has 10 heteroatoms. The number of rotatable bonds is 4. The van der Waals surface area contributed by atoms with Gasteiger partial charge in [-0.15, -0.1) is 0 Å². The average molecular weight is 421 g/mol. The molecule has 4 rings (SSSR count). The maximum Gasteiger partial charge on any atom is 0.318 e. The molecular weight excluding hydrogens is 399 g/mol. The van der Waals surface area contributed by atoms with Crippen LogP contribution in [0.5, 0.6) is 0 Å². The fourth-order valence-corrected chi connectivity index (χ4v) is 4.05. The molecule has 160 valence electrons. The molecule has 1 unspecified atom stereocenters. The number of primary amides is 1. The molecular formula is C20H22F3N5O2. The van der Waals surface area contributed by atoms with E-state index in [9.17, 15) is 22.8 Å². The van der Waals surface area contributed by atoms with Crippen LogP contribution in [0.3, 0.4) is 0 Å². The first-order valence-electron chi connectivity index (χ1n) is 9.66. The third kappa shape index (κ3) is 3.61. The van der Waals surface area contributed by atoms with Crippen molar-refractivity contribution < 1.29 is 22.8 Å².